The molecule has 1 heterocycles. The summed E-state index contributed by atoms with van der Waals surface area (Å²) in [4.78, 5) is 1.01. The van der Waals surface area contributed by atoms with Crippen LogP contribution >= 0.6 is 27.3 Å². The van der Waals surface area contributed by atoms with Gasteiger partial charge in [0.25, 0.3) is 0 Å². The van der Waals surface area contributed by atoms with Crippen LogP contribution in [0.4, 0.5) is 0 Å². The van der Waals surface area contributed by atoms with Gasteiger partial charge in [0.2, 0.25) is 0 Å². The fraction of sp³-hybridized carbons (Fsp3) is 0.231. The van der Waals surface area contributed by atoms with Crippen LogP contribution in [0, 0.1) is 6.92 Å². The first kappa shape index (κ1) is 11.8. The number of aliphatic hydroxyl groups excluding tert-OH is 1. The molecule has 0 saturated carbocycles. The van der Waals surface area contributed by atoms with Crippen molar-refractivity contribution in [1.82, 2.24) is 0 Å². The zero-order valence-corrected chi connectivity index (χ0v) is 11.4. The monoisotopic (exact) mass is 296 g/mol. The third kappa shape index (κ3) is 2.94. The van der Waals surface area contributed by atoms with Crippen molar-refractivity contribution in [2.24, 2.45) is 0 Å². The number of hydrogen-bond donors (Lipinski definition) is 1. The van der Waals surface area contributed by atoms with Crippen LogP contribution in [0.3, 0.4) is 0 Å². The lowest BCUT2D eigenvalue weighted by Gasteiger charge is -2.08. The molecule has 1 N–H and O–H groups in total. The standard InChI is InChI=1S/C13H13BrOS/c1-9-3-2-4-10(7-9)8-11(15)12-5-6-13(14)16-12/h2-7,11,15H,8H2,1H3. The van der Waals surface area contributed by atoms with Crippen molar-refractivity contribution in [3.63, 3.8) is 0 Å². The van der Waals surface area contributed by atoms with Gasteiger partial charge in [0.15, 0.2) is 0 Å². The molecule has 0 aliphatic carbocycles. The lowest BCUT2D eigenvalue weighted by molar-refractivity contribution is 0.182. The Balaban J connectivity index is 2.10. The molecule has 84 valence electrons. The molecule has 0 spiro atoms. The summed E-state index contributed by atoms with van der Waals surface area (Å²) in [5, 5.41) is 10.1. The molecule has 3 heteroatoms. The smallest absolute Gasteiger partial charge is 0.0922 e. The molecule has 0 amide bonds. The predicted octanol–water partition coefficient (Wildman–Crippen LogP) is 4.10. The van der Waals surface area contributed by atoms with Crippen molar-refractivity contribution in [3.05, 3.63) is 56.2 Å². The van der Waals surface area contributed by atoms with Crippen molar-refractivity contribution in [2.45, 2.75) is 19.4 Å². The number of aliphatic hydroxyl groups is 1. The van der Waals surface area contributed by atoms with E-state index in [-0.39, 0.29) is 0 Å². The van der Waals surface area contributed by atoms with Gasteiger partial charge in [-0.3, -0.25) is 0 Å². The number of aryl methyl sites for hydroxylation is 1. The van der Waals surface area contributed by atoms with E-state index in [0.29, 0.717) is 6.42 Å². The molecule has 1 aromatic carbocycles. The van der Waals surface area contributed by atoms with E-state index in [9.17, 15) is 5.11 Å². The van der Waals surface area contributed by atoms with E-state index in [4.69, 9.17) is 0 Å². The number of hydrogen-bond acceptors (Lipinski definition) is 2. The van der Waals surface area contributed by atoms with Gasteiger partial charge in [-0.25, -0.2) is 0 Å². The molecule has 1 unspecified atom stereocenters. The van der Waals surface area contributed by atoms with Crippen molar-refractivity contribution >= 4 is 27.3 Å². The summed E-state index contributed by atoms with van der Waals surface area (Å²) in [6.07, 6.45) is 0.271. The molecule has 16 heavy (non-hydrogen) atoms. The predicted molar refractivity (Wildman–Crippen MR) is 71.9 cm³/mol. The van der Waals surface area contributed by atoms with Gasteiger partial charge in [-0.1, -0.05) is 29.8 Å². The molecular formula is C13H13BrOS. The number of thiophene rings is 1. The molecule has 0 fully saturated rings. The largest absolute Gasteiger partial charge is 0.387 e. The fourth-order valence-corrected chi connectivity index (χ4v) is 3.08. The maximum Gasteiger partial charge on any atom is 0.0922 e. The number of benzene rings is 1. The molecule has 1 aromatic heterocycles. The normalized spacial score (nSPS) is 12.7. The van der Waals surface area contributed by atoms with Crippen LogP contribution in [-0.4, -0.2) is 5.11 Å². The average molecular weight is 297 g/mol. The molecule has 0 aliphatic rings. The molecule has 0 saturated heterocycles. The second-order valence-electron chi connectivity index (χ2n) is 3.85. The lowest BCUT2D eigenvalue weighted by Crippen LogP contribution is -1.99. The van der Waals surface area contributed by atoms with E-state index in [1.54, 1.807) is 11.3 Å². The first-order valence-corrected chi connectivity index (χ1v) is 6.75. The minimum absolute atomic E-state index is 0.405. The van der Waals surface area contributed by atoms with Gasteiger partial charge in [-0.15, -0.1) is 11.3 Å². The van der Waals surface area contributed by atoms with Crippen molar-refractivity contribution in [3.8, 4) is 0 Å². The molecule has 2 rings (SSSR count). The molecule has 0 bridgehead atoms. The van der Waals surface area contributed by atoms with Crippen LogP contribution < -0.4 is 0 Å². The van der Waals surface area contributed by atoms with Gasteiger partial charge >= 0.3 is 0 Å². The van der Waals surface area contributed by atoms with E-state index in [1.807, 2.05) is 18.2 Å². The Labute approximate surface area is 108 Å². The third-order valence-corrected chi connectivity index (χ3v) is 4.16. The maximum absolute atomic E-state index is 10.1. The zero-order valence-electron chi connectivity index (χ0n) is 8.98. The second-order valence-corrected chi connectivity index (χ2v) is 6.35. The minimum atomic E-state index is -0.405. The Morgan fingerprint density at radius 2 is 2.12 bits per heavy atom. The highest BCUT2D eigenvalue weighted by molar-refractivity contribution is 9.11. The Morgan fingerprint density at radius 1 is 1.31 bits per heavy atom. The van der Waals surface area contributed by atoms with Crippen molar-refractivity contribution in [1.29, 1.82) is 0 Å². The van der Waals surface area contributed by atoms with Gasteiger partial charge in [0, 0.05) is 11.3 Å². The van der Waals surface area contributed by atoms with Gasteiger partial charge in [-0.2, -0.15) is 0 Å². The van der Waals surface area contributed by atoms with Gasteiger partial charge < -0.3 is 5.11 Å². The number of rotatable bonds is 3. The van der Waals surface area contributed by atoms with Gasteiger partial charge in [0.05, 0.1) is 9.89 Å². The summed E-state index contributed by atoms with van der Waals surface area (Å²) < 4.78 is 1.06. The first-order valence-electron chi connectivity index (χ1n) is 5.14. The first-order chi connectivity index (χ1) is 7.65. The molecular weight excluding hydrogens is 284 g/mol. The van der Waals surface area contributed by atoms with Crippen LogP contribution in [0.25, 0.3) is 0 Å². The number of halogens is 1. The van der Waals surface area contributed by atoms with Crippen LogP contribution in [0.1, 0.15) is 22.1 Å². The van der Waals surface area contributed by atoms with E-state index in [1.165, 1.54) is 11.1 Å². The molecule has 1 atom stereocenters. The van der Waals surface area contributed by atoms with E-state index >= 15 is 0 Å². The third-order valence-electron chi connectivity index (χ3n) is 2.43. The quantitative estimate of drug-likeness (QED) is 0.904. The topological polar surface area (TPSA) is 20.2 Å². The van der Waals surface area contributed by atoms with Crippen LogP contribution in [-0.2, 0) is 6.42 Å². The second kappa shape index (κ2) is 5.13. The highest BCUT2D eigenvalue weighted by atomic mass is 79.9. The van der Waals surface area contributed by atoms with E-state index in [0.717, 1.165) is 8.66 Å². The van der Waals surface area contributed by atoms with Gasteiger partial charge in [-0.05, 0) is 40.5 Å². The minimum Gasteiger partial charge on any atom is -0.387 e. The van der Waals surface area contributed by atoms with Crippen molar-refractivity contribution < 1.29 is 5.11 Å². The molecule has 2 aromatic rings. The van der Waals surface area contributed by atoms with E-state index in [2.05, 4.69) is 41.1 Å². The summed E-state index contributed by atoms with van der Waals surface area (Å²) in [5.41, 5.74) is 2.41. The SMILES string of the molecule is Cc1cccc(CC(O)c2ccc(Br)s2)c1. The Hall–Kier alpha value is -0.640. The van der Waals surface area contributed by atoms with Gasteiger partial charge in [0.1, 0.15) is 0 Å². The van der Waals surface area contributed by atoms with E-state index < -0.39 is 6.10 Å². The Kier molecular flexibility index (Phi) is 3.79. The van der Waals surface area contributed by atoms with Crippen LogP contribution in [0.5, 0.6) is 0 Å². The Morgan fingerprint density at radius 3 is 2.75 bits per heavy atom. The Bertz CT molecular complexity index is 478. The lowest BCUT2D eigenvalue weighted by atomic mass is 10.0. The summed E-state index contributed by atoms with van der Waals surface area (Å²) >= 11 is 4.99. The highest BCUT2D eigenvalue weighted by Gasteiger charge is 2.10. The van der Waals surface area contributed by atoms with Crippen LogP contribution in [0.15, 0.2) is 40.2 Å². The maximum atomic E-state index is 10.1. The fourth-order valence-electron chi connectivity index (χ4n) is 1.67. The summed E-state index contributed by atoms with van der Waals surface area (Å²) in [6, 6.07) is 12.2. The summed E-state index contributed by atoms with van der Waals surface area (Å²) in [7, 11) is 0. The average Bonchev–Trinajstić information content (AvgIpc) is 2.65. The summed E-state index contributed by atoms with van der Waals surface area (Å²) in [5.74, 6) is 0. The zero-order chi connectivity index (χ0) is 11.5. The molecule has 0 radical (unpaired) electrons. The van der Waals surface area contributed by atoms with Crippen molar-refractivity contribution in [2.75, 3.05) is 0 Å². The molecule has 1 nitrogen and oxygen atoms in total. The highest BCUT2D eigenvalue weighted by Crippen LogP contribution is 2.29. The van der Waals surface area contributed by atoms with Crippen LogP contribution in [0.2, 0.25) is 0 Å². The summed E-state index contributed by atoms with van der Waals surface area (Å²) in [6.45, 7) is 2.07. The molecule has 0 aliphatic heterocycles.